The summed E-state index contributed by atoms with van der Waals surface area (Å²) in [5, 5.41) is 8.75. The van der Waals surface area contributed by atoms with Gasteiger partial charge in [-0.15, -0.1) is 0 Å². The van der Waals surface area contributed by atoms with Crippen molar-refractivity contribution in [2.75, 3.05) is 26.2 Å². The number of aromatic nitrogens is 1. The number of hydrogen-bond acceptors (Lipinski definition) is 4. The third-order valence-corrected chi connectivity index (χ3v) is 2.97. The van der Waals surface area contributed by atoms with Crippen LogP contribution in [0.25, 0.3) is 0 Å². The molecule has 0 saturated carbocycles. The molecule has 1 aliphatic heterocycles. The minimum atomic E-state index is 0.543. The highest BCUT2D eigenvalue weighted by atomic mass is 16.5. The molecule has 0 atom stereocenters. The number of likely N-dealkylation sites (tertiary alicyclic amines) is 1. The van der Waals surface area contributed by atoms with Crippen LogP contribution in [0.1, 0.15) is 24.8 Å². The van der Waals surface area contributed by atoms with Crippen molar-refractivity contribution >= 4 is 0 Å². The maximum absolute atomic E-state index is 8.75. The molecule has 2 rings (SSSR count). The molecule has 4 nitrogen and oxygen atoms in total. The van der Waals surface area contributed by atoms with Gasteiger partial charge in [-0.3, -0.25) is 4.90 Å². The Hall–Kier alpha value is -1.60. The van der Waals surface area contributed by atoms with E-state index in [4.69, 9.17) is 10.00 Å². The van der Waals surface area contributed by atoms with Crippen LogP contribution in [0.2, 0.25) is 0 Å². The monoisotopic (exact) mass is 231 g/mol. The Labute approximate surface area is 102 Å². The number of pyridine rings is 1. The Morgan fingerprint density at radius 1 is 1.35 bits per heavy atom. The lowest BCUT2D eigenvalue weighted by Gasteiger charge is -2.25. The fraction of sp³-hybridized carbons (Fsp3) is 0.538. The van der Waals surface area contributed by atoms with E-state index in [1.807, 2.05) is 0 Å². The van der Waals surface area contributed by atoms with Crippen molar-refractivity contribution in [2.24, 2.45) is 0 Å². The van der Waals surface area contributed by atoms with Gasteiger partial charge in [0, 0.05) is 18.8 Å². The quantitative estimate of drug-likeness (QED) is 0.793. The lowest BCUT2D eigenvalue weighted by Crippen LogP contribution is -2.33. The summed E-state index contributed by atoms with van der Waals surface area (Å²) in [4.78, 5) is 6.49. The van der Waals surface area contributed by atoms with Crippen LogP contribution in [-0.4, -0.2) is 36.1 Å². The predicted octanol–water partition coefficient (Wildman–Crippen LogP) is 1.82. The van der Waals surface area contributed by atoms with Crippen molar-refractivity contribution in [3.63, 3.8) is 0 Å². The van der Waals surface area contributed by atoms with Crippen LogP contribution in [0.3, 0.4) is 0 Å². The summed E-state index contributed by atoms with van der Waals surface area (Å²) >= 11 is 0. The minimum absolute atomic E-state index is 0.543. The lowest BCUT2D eigenvalue weighted by molar-refractivity contribution is 0.180. The third-order valence-electron chi connectivity index (χ3n) is 2.97. The van der Waals surface area contributed by atoms with Crippen molar-refractivity contribution in [3.8, 4) is 11.9 Å². The normalized spacial score (nSPS) is 16.4. The second-order valence-corrected chi connectivity index (χ2v) is 4.25. The van der Waals surface area contributed by atoms with Gasteiger partial charge in [-0.05, 0) is 32.0 Å². The standard InChI is InChI=1S/C13H17N3O/c14-11-12-4-5-15-13(10-12)17-9-8-16-6-2-1-3-7-16/h4-5,10H,1-3,6-9H2. The zero-order valence-electron chi connectivity index (χ0n) is 9.93. The average molecular weight is 231 g/mol. The molecule has 0 spiro atoms. The van der Waals surface area contributed by atoms with E-state index < -0.39 is 0 Å². The van der Waals surface area contributed by atoms with E-state index in [-0.39, 0.29) is 0 Å². The topological polar surface area (TPSA) is 49.1 Å². The molecule has 0 aromatic carbocycles. The van der Waals surface area contributed by atoms with E-state index in [1.165, 1.54) is 32.4 Å². The smallest absolute Gasteiger partial charge is 0.214 e. The molecule has 0 radical (unpaired) electrons. The summed E-state index contributed by atoms with van der Waals surface area (Å²) in [5.74, 6) is 0.543. The van der Waals surface area contributed by atoms with Crippen LogP contribution in [0.5, 0.6) is 5.88 Å². The molecule has 0 amide bonds. The molecular weight excluding hydrogens is 214 g/mol. The highest BCUT2D eigenvalue weighted by molar-refractivity contribution is 5.31. The first kappa shape index (κ1) is 11.9. The van der Waals surface area contributed by atoms with E-state index >= 15 is 0 Å². The number of nitriles is 1. The number of rotatable bonds is 4. The van der Waals surface area contributed by atoms with Gasteiger partial charge in [0.15, 0.2) is 0 Å². The van der Waals surface area contributed by atoms with Crippen LogP contribution < -0.4 is 4.74 Å². The Morgan fingerprint density at radius 3 is 2.94 bits per heavy atom. The molecule has 2 heterocycles. The third kappa shape index (κ3) is 3.72. The number of nitrogens with zero attached hydrogens (tertiary/aromatic N) is 3. The van der Waals surface area contributed by atoms with Crippen molar-refractivity contribution in [1.29, 1.82) is 5.26 Å². The van der Waals surface area contributed by atoms with Gasteiger partial charge in [0.25, 0.3) is 0 Å². The van der Waals surface area contributed by atoms with Gasteiger partial charge in [0.05, 0.1) is 11.6 Å². The molecule has 90 valence electrons. The lowest BCUT2D eigenvalue weighted by atomic mass is 10.1. The second-order valence-electron chi connectivity index (χ2n) is 4.25. The van der Waals surface area contributed by atoms with E-state index in [9.17, 15) is 0 Å². The summed E-state index contributed by atoms with van der Waals surface area (Å²) in [6.07, 6.45) is 5.54. The van der Waals surface area contributed by atoms with Crippen molar-refractivity contribution in [2.45, 2.75) is 19.3 Å². The first-order valence-corrected chi connectivity index (χ1v) is 6.10. The SMILES string of the molecule is N#Cc1ccnc(OCCN2CCCCC2)c1. The molecule has 1 aromatic heterocycles. The Balaban J connectivity index is 1.75. The van der Waals surface area contributed by atoms with E-state index in [0.29, 0.717) is 18.1 Å². The van der Waals surface area contributed by atoms with Crippen LogP contribution in [0.15, 0.2) is 18.3 Å². The molecule has 0 N–H and O–H groups in total. The molecule has 0 bridgehead atoms. The predicted molar refractivity (Wildman–Crippen MR) is 64.7 cm³/mol. The molecular formula is C13H17N3O. The van der Waals surface area contributed by atoms with Gasteiger partial charge in [-0.2, -0.15) is 5.26 Å². The van der Waals surface area contributed by atoms with Gasteiger partial charge >= 0.3 is 0 Å². The van der Waals surface area contributed by atoms with E-state index in [1.54, 1.807) is 18.3 Å². The van der Waals surface area contributed by atoms with E-state index in [2.05, 4.69) is 16.0 Å². The van der Waals surface area contributed by atoms with Gasteiger partial charge in [0.1, 0.15) is 6.61 Å². The van der Waals surface area contributed by atoms with Gasteiger partial charge in [-0.25, -0.2) is 4.98 Å². The Morgan fingerprint density at radius 2 is 2.18 bits per heavy atom. The maximum Gasteiger partial charge on any atom is 0.214 e. The summed E-state index contributed by atoms with van der Waals surface area (Å²) in [5.41, 5.74) is 0.591. The first-order valence-electron chi connectivity index (χ1n) is 6.10. The first-order chi connectivity index (χ1) is 8.38. The fourth-order valence-electron chi connectivity index (χ4n) is 2.02. The molecule has 0 unspecified atom stereocenters. The second kappa shape index (κ2) is 6.21. The van der Waals surface area contributed by atoms with Crippen LogP contribution >= 0.6 is 0 Å². The van der Waals surface area contributed by atoms with Gasteiger partial charge < -0.3 is 4.74 Å². The zero-order chi connectivity index (χ0) is 11.9. The summed E-state index contributed by atoms with van der Waals surface area (Å²) in [7, 11) is 0. The fourth-order valence-corrected chi connectivity index (χ4v) is 2.02. The summed E-state index contributed by atoms with van der Waals surface area (Å²) in [6.45, 7) is 3.93. The molecule has 1 aromatic rings. The van der Waals surface area contributed by atoms with Crippen LogP contribution in [-0.2, 0) is 0 Å². The van der Waals surface area contributed by atoms with Gasteiger partial charge in [-0.1, -0.05) is 6.42 Å². The summed E-state index contributed by atoms with van der Waals surface area (Å²) in [6, 6.07) is 5.43. The van der Waals surface area contributed by atoms with Gasteiger partial charge in [0.2, 0.25) is 5.88 Å². The average Bonchev–Trinajstić information content (AvgIpc) is 2.40. The molecule has 1 aliphatic rings. The van der Waals surface area contributed by atoms with Crippen LogP contribution in [0.4, 0.5) is 0 Å². The molecule has 0 aliphatic carbocycles. The Kier molecular flexibility index (Phi) is 4.34. The van der Waals surface area contributed by atoms with Crippen molar-refractivity contribution in [3.05, 3.63) is 23.9 Å². The minimum Gasteiger partial charge on any atom is -0.476 e. The highest BCUT2D eigenvalue weighted by Gasteiger charge is 2.09. The largest absolute Gasteiger partial charge is 0.476 e. The number of ether oxygens (including phenoxy) is 1. The highest BCUT2D eigenvalue weighted by Crippen LogP contribution is 2.10. The zero-order valence-corrected chi connectivity index (χ0v) is 9.93. The molecule has 17 heavy (non-hydrogen) atoms. The van der Waals surface area contributed by atoms with Crippen molar-refractivity contribution in [1.82, 2.24) is 9.88 Å². The molecule has 1 fully saturated rings. The van der Waals surface area contributed by atoms with Crippen LogP contribution in [0, 0.1) is 11.3 Å². The van der Waals surface area contributed by atoms with E-state index in [0.717, 1.165) is 6.54 Å². The maximum atomic E-state index is 8.75. The number of piperidine rings is 1. The van der Waals surface area contributed by atoms with Crippen molar-refractivity contribution < 1.29 is 4.74 Å². The number of hydrogen-bond donors (Lipinski definition) is 0. The summed E-state index contributed by atoms with van der Waals surface area (Å²) < 4.78 is 5.55. The molecule has 4 heteroatoms. The Bertz CT molecular complexity index is 394. The molecule has 1 saturated heterocycles.